The van der Waals surface area contributed by atoms with Gasteiger partial charge in [0.05, 0.1) is 16.2 Å². The summed E-state index contributed by atoms with van der Waals surface area (Å²) in [6, 6.07) is 11.2. The van der Waals surface area contributed by atoms with E-state index in [0.29, 0.717) is 17.0 Å². The molecule has 0 radical (unpaired) electrons. The molecular formula is C20H20N4O4. The fraction of sp³-hybridized carbons (Fsp3) is 0.150. The maximum atomic E-state index is 12.3. The highest BCUT2D eigenvalue weighted by atomic mass is 16.6. The average molecular weight is 380 g/mol. The van der Waals surface area contributed by atoms with Gasteiger partial charge in [0.2, 0.25) is 0 Å². The van der Waals surface area contributed by atoms with E-state index in [0.717, 1.165) is 5.56 Å². The minimum absolute atomic E-state index is 0.124. The Kier molecular flexibility index (Phi) is 6.38. The first-order valence-corrected chi connectivity index (χ1v) is 8.36. The second-order valence-corrected chi connectivity index (χ2v) is 6.16. The second kappa shape index (κ2) is 8.72. The van der Waals surface area contributed by atoms with Crippen LogP contribution in [0.4, 0.5) is 11.4 Å². The Morgan fingerprint density at radius 3 is 2.32 bits per heavy atom. The highest BCUT2D eigenvalue weighted by Gasteiger charge is 2.17. The molecule has 144 valence electrons. The summed E-state index contributed by atoms with van der Waals surface area (Å²) in [4.78, 5) is 34.4. The van der Waals surface area contributed by atoms with Crippen LogP contribution in [0.3, 0.4) is 0 Å². The first-order chi connectivity index (χ1) is 13.2. The summed E-state index contributed by atoms with van der Waals surface area (Å²) in [6.07, 6.45) is 0. The molecule has 8 nitrogen and oxygen atoms in total. The lowest BCUT2D eigenvalue weighted by Gasteiger charge is -2.07. The summed E-state index contributed by atoms with van der Waals surface area (Å²) >= 11 is 0. The molecule has 2 rings (SSSR count). The van der Waals surface area contributed by atoms with Crippen molar-refractivity contribution < 1.29 is 14.5 Å². The van der Waals surface area contributed by atoms with E-state index < -0.39 is 10.8 Å². The summed E-state index contributed by atoms with van der Waals surface area (Å²) in [5.74, 6) is -0.802. The topological polar surface area (TPSA) is 114 Å². The number of nitro groups is 1. The van der Waals surface area contributed by atoms with Crippen LogP contribution < -0.4 is 10.7 Å². The largest absolute Gasteiger partial charge is 0.322 e. The molecule has 0 aromatic heterocycles. The normalized spacial score (nSPS) is 10.9. The lowest BCUT2D eigenvalue weighted by molar-refractivity contribution is -0.385. The zero-order chi connectivity index (χ0) is 20.8. The lowest BCUT2D eigenvalue weighted by Crippen LogP contribution is -2.20. The Morgan fingerprint density at radius 2 is 1.75 bits per heavy atom. The molecule has 2 aromatic carbocycles. The predicted octanol–water partition coefficient (Wildman–Crippen LogP) is 3.57. The highest BCUT2D eigenvalue weighted by molar-refractivity contribution is 6.04. The van der Waals surface area contributed by atoms with Gasteiger partial charge in [0.15, 0.2) is 0 Å². The van der Waals surface area contributed by atoms with Crippen LogP contribution in [0.5, 0.6) is 0 Å². The highest BCUT2D eigenvalue weighted by Crippen LogP contribution is 2.21. The van der Waals surface area contributed by atoms with Crippen molar-refractivity contribution in [2.24, 2.45) is 5.10 Å². The number of hydrazone groups is 1. The fourth-order valence-corrected chi connectivity index (χ4v) is 2.36. The number of nitrogens with zero attached hydrogens (tertiary/aromatic N) is 2. The minimum atomic E-state index is -0.536. The Morgan fingerprint density at radius 1 is 1.11 bits per heavy atom. The van der Waals surface area contributed by atoms with Crippen molar-refractivity contribution in [1.29, 1.82) is 0 Å². The van der Waals surface area contributed by atoms with Crippen LogP contribution in [-0.2, 0) is 4.79 Å². The van der Waals surface area contributed by atoms with Gasteiger partial charge in [-0.15, -0.1) is 0 Å². The van der Waals surface area contributed by atoms with Crippen molar-refractivity contribution >= 4 is 28.9 Å². The summed E-state index contributed by atoms with van der Waals surface area (Å²) in [5, 5.41) is 17.7. The van der Waals surface area contributed by atoms with Crippen molar-refractivity contribution in [1.82, 2.24) is 5.43 Å². The third-order valence-corrected chi connectivity index (χ3v) is 4.02. The van der Waals surface area contributed by atoms with Gasteiger partial charge in [-0.25, -0.2) is 5.43 Å². The smallest absolute Gasteiger partial charge is 0.273 e. The second-order valence-electron chi connectivity index (χ2n) is 6.16. The number of amides is 2. The third kappa shape index (κ3) is 4.88. The summed E-state index contributed by atoms with van der Waals surface area (Å²) in [5.41, 5.74) is 5.04. The van der Waals surface area contributed by atoms with Crippen LogP contribution in [-0.4, -0.2) is 22.4 Å². The number of rotatable bonds is 6. The van der Waals surface area contributed by atoms with Crippen LogP contribution in [0.25, 0.3) is 0 Å². The van der Waals surface area contributed by atoms with Gasteiger partial charge in [0.1, 0.15) is 0 Å². The molecule has 0 aliphatic rings. The number of carbonyl (C=O) groups excluding carboxylic acids is 2. The van der Waals surface area contributed by atoms with Gasteiger partial charge in [-0.3, -0.25) is 19.7 Å². The molecule has 0 atom stereocenters. The minimum Gasteiger partial charge on any atom is -0.322 e. The van der Waals surface area contributed by atoms with E-state index >= 15 is 0 Å². The quantitative estimate of drug-likeness (QED) is 0.345. The maximum absolute atomic E-state index is 12.3. The van der Waals surface area contributed by atoms with Crippen molar-refractivity contribution in [3.05, 3.63) is 81.4 Å². The van der Waals surface area contributed by atoms with Gasteiger partial charge >= 0.3 is 0 Å². The Balaban J connectivity index is 2.11. The molecule has 0 spiro atoms. The standard InChI is InChI=1S/C20H20N4O4/c1-12(2)19(25)21-16-10-8-15(9-11-16)14(4)22-23-20(26)17-6-5-7-18(13(17)3)24(27)28/h5-11H,1H2,2-4H3,(H,21,25)(H,23,26)/b22-14+. The van der Waals surface area contributed by atoms with Crippen molar-refractivity contribution in [2.75, 3.05) is 5.32 Å². The average Bonchev–Trinajstić information content (AvgIpc) is 2.66. The monoisotopic (exact) mass is 380 g/mol. The predicted molar refractivity (Wildman–Crippen MR) is 107 cm³/mol. The summed E-state index contributed by atoms with van der Waals surface area (Å²) < 4.78 is 0. The number of hydrogen-bond acceptors (Lipinski definition) is 5. The molecule has 8 heteroatoms. The Hall–Kier alpha value is -3.81. The van der Waals surface area contributed by atoms with E-state index in [1.807, 2.05) is 0 Å². The first-order valence-electron chi connectivity index (χ1n) is 8.36. The molecule has 0 fully saturated rings. The van der Waals surface area contributed by atoms with Gasteiger partial charge in [0.25, 0.3) is 17.5 Å². The van der Waals surface area contributed by atoms with Gasteiger partial charge in [-0.1, -0.05) is 24.8 Å². The molecule has 2 aromatic rings. The Bertz CT molecular complexity index is 978. The lowest BCUT2D eigenvalue weighted by atomic mass is 10.1. The van der Waals surface area contributed by atoms with E-state index in [4.69, 9.17) is 0 Å². The SMILES string of the molecule is C=C(C)C(=O)Nc1ccc(/C(C)=N/NC(=O)c2cccc([N+](=O)[O-])c2C)cc1. The fourth-order valence-electron chi connectivity index (χ4n) is 2.36. The molecule has 0 aliphatic heterocycles. The van der Waals surface area contributed by atoms with E-state index in [-0.39, 0.29) is 22.7 Å². The van der Waals surface area contributed by atoms with Crippen LogP contribution >= 0.6 is 0 Å². The molecule has 28 heavy (non-hydrogen) atoms. The van der Waals surface area contributed by atoms with Gasteiger partial charge in [-0.05, 0) is 44.5 Å². The van der Waals surface area contributed by atoms with Crippen LogP contribution in [0.2, 0.25) is 0 Å². The van der Waals surface area contributed by atoms with E-state index in [1.54, 1.807) is 38.1 Å². The number of hydrogen-bond donors (Lipinski definition) is 2. The molecule has 0 heterocycles. The van der Waals surface area contributed by atoms with Crippen LogP contribution in [0, 0.1) is 17.0 Å². The molecule has 0 unspecified atom stereocenters. The van der Waals surface area contributed by atoms with E-state index in [2.05, 4.69) is 22.4 Å². The zero-order valence-corrected chi connectivity index (χ0v) is 15.8. The first kappa shape index (κ1) is 20.5. The zero-order valence-electron chi connectivity index (χ0n) is 15.8. The van der Waals surface area contributed by atoms with Crippen molar-refractivity contribution in [3.63, 3.8) is 0 Å². The molecule has 0 saturated heterocycles. The number of nitro benzene ring substituents is 1. The summed E-state index contributed by atoms with van der Waals surface area (Å²) in [7, 11) is 0. The van der Waals surface area contributed by atoms with Gasteiger partial charge in [-0.2, -0.15) is 5.10 Å². The summed E-state index contributed by atoms with van der Waals surface area (Å²) in [6.45, 7) is 8.42. The number of anilines is 1. The maximum Gasteiger partial charge on any atom is 0.273 e. The Labute approximate surface area is 162 Å². The van der Waals surface area contributed by atoms with Gasteiger partial charge < -0.3 is 5.32 Å². The molecule has 0 saturated carbocycles. The van der Waals surface area contributed by atoms with Crippen LogP contribution in [0.15, 0.2) is 59.7 Å². The number of carbonyl (C=O) groups is 2. The van der Waals surface area contributed by atoms with Gasteiger partial charge in [0, 0.05) is 22.9 Å². The van der Waals surface area contributed by atoms with E-state index in [1.165, 1.54) is 25.1 Å². The van der Waals surface area contributed by atoms with Crippen molar-refractivity contribution in [2.45, 2.75) is 20.8 Å². The molecule has 2 N–H and O–H groups in total. The third-order valence-electron chi connectivity index (χ3n) is 4.02. The number of benzene rings is 2. The molecular weight excluding hydrogens is 360 g/mol. The molecule has 0 aliphatic carbocycles. The molecule has 2 amide bonds. The van der Waals surface area contributed by atoms with E-state index in [9.17, 15) is 19.7 Å². The van der Waals surface area contributed by atoms with Crippen LogP contribution in [0.1, 0.15) is 35.3 Å². The number of nitrogens with one attached hydrogen (secondary N) is 2. The van der Waals surface area contributed by atoms with Crippen molar-refractivity contribution in [3.8, 4) is 0 Å². The molecule has 0 bridgehead atoms.